The molecule has 2 N–H and O–H groups in total. The maximum Gasteiger partial charge on any atom is 0.286 e. The standard InChI is InChI=1S/C19H17ClN2O3S/c1-12-2-5-15(6-3-12)24-8-9-25-16-7-4-14(20)10-13(16)11-17-18(23)22-19(21)26-17/h2-7,10-11H,8-9H2,1H3,(H2,21,22,23)/b17-11-. The number of nitrogens with two attached hydrogens (primary N) is 1. The van der Waals surface area contributed by atoms with Gasteiger partial charge in [0.2, 0.25) is 0 Å². The van der Waals surface area contributed by atoms with Crippen LogP contribution in [-0.4, -0.2) is 24.3 Å². The van der Waals surface area contributed by atoms with E-state index in [1.54, 1.807) is 24.3 Å². The van der Waals surface area contributed by atoms with Gasteiger partial charge < -0.3 is 15.2 Å². The van der Waals surface area contributed by atoms with Gasteiger partial charge >= 0.3 is 0 Å². The molecule has 7 heteroatoms. The molecule has 0 bridgehead atoms. The highest BCUT2D eigenvalue weighted by Gasteiger charge is 2.20. The van der Waals surface area contributed by atoms with E-state index in [0.717, 1.165) is 17.5 Å². The molecule has 1 amide bonds. The highest BCUT2D eigenvalue weighted by atomic mass is 35.5. The molecule has 2 aromatic carbocycles. The van der Waals surface area contributed by atoms with Crippen molar-refractivity contribution in [2.45, 2.75) is 6.92 Å². The lowest BCUT2D eigenvalue weighted by molar-refractivity contribution is -0.113. The van der Waals surface area contributed by atoms with Gasteiger partial charge in [-0.25, -0.2) is 0 Å². The Hall–Kier alpha value is -2.44. The zero-order valence-electron chi connectivity index (χ0n) is 14.1. The molecule has 2 aromatic rings. The average Bonchev–Trinajstić information content (AvgIpc) is 2.92. The molecule has 0 aromatic heterocycles. The van der Waals surface area contributed by atoms with Crippen molar-refractivity contribution in [1.29, 1.82) is 0 Å². The molecular weight excluding hydrogens is 372 g/mol. The maximum absolute atomic E-state index is 11.8. The van der Waals surface area contributed by atoms with Crippen LogP contribution in [0.4, 0.5) is 0 Å². The van der Waals surface area contributed by atoms with Gasteiger partial charge in [0.1, 0.15) is 24.7 Å². The van der Waals surface area contributed by atoms with Gasteiger partial charge in [-0.15, -0.1) is 0 Å². The number of halogens is 1. The van der Waals surface area contributed by atoms with Crippen molar-refractivity contribution in [1.82, 2.24) is 0 Å². The van der Waals surface area contributed by atoms with Crippen LogP contribution < -0.4 is 15.2 Å². The molecule has 0 radical (unpaired) electrons. The molecule has 3 rings (SSSR count). The number of hydrogen-bond donors (Lipinski definition) is 1. The number of rotatable bonds is 6. The molecule has 0 fully saturated rings. The van der Waals surface area contributed by atoms with E-state index in [0.29, 0.717) is 34.5 Å². The summed E-state index contributed by atoms with van der Waals surface area (Å²) >= 11 is 7.19. The predicted molar refractivity (Wildman–Crippen MR) is 106 cm³/mol. The molecule has 26 heavy (non-hydrogen) atoms. The Labute approximate surface area is 160 Å². The van der Waals surface area contributed by atoms with Crippen LogP contribution in [0.25, 0.3) is 6.08 Å². The molecule has 0 saturated heterocycles. The van der Waals surface area contributed by atoms with Crippen molar-refractivity contribution in [2.75, 3.05) is 13.2 Å². The second-order valence-corrected chi connectivity index (χ2v) is 7.06. The number of amides is 1. The molecule has 0 unspecified atom stereocenters. The Morgan fingerprint density at radius 2 is 1.88 bits per heavy atom. The first-order chi connectivity index (χ1) is 12.5. The molecule has 0 saturated carbocycles. The fourth-order valence-corrected chi connectivity index (χ4v) is 3.13. The smallest absolute Gasteiger partial charge is 0.286 e. The lowest BCUT2D eigenvalue weighted by Crippen LogP contribution is -2.09. The summed E-state index contributed by atoms with van der Waals surface area (Å²) in [4.78, 5) is 15.9. The normalized spacial score (nSPS) is 15.2. The minimum absolute atomic E-state index is 0.234. The quantitative estimate of drug-likeness (QED) is 0.597. The number of nitrogens with zero attached hydrogens (tertiary/aromatic N) is 1. The number of benzene rings is 2. The Kier molecular flexibility index (Phi) is 5.85. The van der Waals surface area contributed by atoms with Crippen LogP contribution in [-0.2, 0) is 4.79 Å². The summed E-state index contributed by atoms with van der Waals surface area (Å²) in [5.41, 5.74) is 7.44. The molecule has 134 valence electrons. The first-order valence-corrected chi connectivity index (χ1v) is 9.10. The van der Waals surface area contributed by atoms with Gasteiger partial charge in [-0.05, 0) is 55.1 Å². The lowest BCUT2D eigenvalue weighted by atomic mass is 10.2. The van der Waals surface area contributed by atoms with Crippen molar-refractivity contribution < 1.29 is 14.3 Å². The summed E-state index contributed by atoms with van der Waals surface area (Å²) in [7, 11) is 0. The third kappa shape index (κ3) is 4.80. The van der Waals surface area contributed by atoms with Crippen LogP contribution in [0.15, 0.2) is 52.4 Å². The zero-order chi connectivity index (χ0) is 18.5. The molecule has 5 nitrogen and oxygen atoms in total. The predicted octanol–water partition coefficient (Wildman–Crippen LogP) is 4.04. The van der Waals surface area contributed by atoms with Crippen LogP contribution in [0.2, 0.25) is 5.02 Å². The second-order valence-electron chi connectivity index (χ2n) is 5.56. The minimum atomic E-state index is -0.360. The topological polar surface area (TPSA) is 73.9 Å². The number of thioether (sulfide) groups is 1. The number of aliphatic imine (C=N–C) groups is 1. The van der Waals surface area contributed by atoms with Gasteiger partial charge in [0, 0.05) is 10.6 Å². The van der Waals surface area contributed by atoms with E-state index < -0.39 is 0 Å². The molecule has 0 spiro atoms. The van der Waals surface area contributed by atoms with Gasteiger partial charge in [-0.3, -0.25) is 4.79 Å². The number of carbonyl (C=O) groups excluding carboxylic acids is 1. The average molecular weight is 389 g/mol. The Morgan fingerprint density at radius 1 is 1.15 bits per heavy atom. The van der Waals surface area contributed by atoms with E-state index in [2.05, 4.69) is 4.99 Å². The summed E-state index contributed by atoms with van der Waals surface area (Å²) in [5, 5.41) is 0.779. The molecule has 1 aliphatic rings. The number of aryl methyl sites for hydroxylation is 1. The fourth-order valence-electron chi connectivity index (χ4n) is 2.28. The number of ether oxygens (including phenoxy) is 2. The molecule has 0 atom stereocenters. The van der Waals surface area contributed by atoms with E-state index in [1.165, 1.54) is 5.56 Å². The Balaban J connectivity index is 1.64. The summed E-state index contributed by atoms with van der Waals surface area (Å²) < 4.78 is 11.4. The van der Waals surface area contributed by atoms with Gasteiger partial charge in [0.15, 0.2) is 5.17 Å². The van der Waals surface area contributed by atoms with E-state index in [-0.39, 0.29) is 11.1 Å². The lowest BCUT2D eigenvalue weighted by Gasteiger charge is -2.11. The molecule has 0 aliphatic carbocycles. The third-order valence-corrected chi connectivity index (χ3v) is 4.57. The Bertz CT molecular complexity index is 879. The molecule has 1 aliphatic heterocycles. The maximum atomic E-state index is 11.8. The molecule has 1 heterocycles. The van der Waals surface area contributed by atoms with Gasteiger partial charge in [-0.2, -0.15) is 4.99 Å². The van der Waals surface area contributed by atoms with Crippen LogP contribution in [0.5, 0.6) is 11.5 Å². The Morgan fingerprint density at radius 3 is 2.58 bits per heavy atom. The van der Waals surface area contributed by atoms with Crippen molar-refractivity contribution in [3.05, 3.63) is 63.5 Å². The first kappa shape index (κ1) is 18.4. The van der Waals surface area contributed by atoms with Crippen molar-refractivity contribution >= 4 is 40.5 Å². The van der Waals surface area contributed by atoms with Crippen LogP contribution in [0.3, 0.4) is 0 Å². The largest absolute Gasteiger partial charge is 0.490 e. The van der Waals surface area contributed by atoms with E-state index >= 15 is 0 Å². The summed E-state index contributed by atoms with van der Waals surface area (Å²) in [6, 6.07) is 13.0. The zero-order valence-corrected chi connectivity index (χ0v) is 15.6. The third-order valence-electron chi connectivity index (χ3n) is 3.53. The monoisotopic (exact) mass is 388 g/mol. The van der Waals surface area contributed by atoms with Gasteiger partial charge in [-0.1, -0.05) is 29.3 Å². The number of amidine groups is 1. The number of carbonyl (C=O) groups is 1. The van der Waals surface area contributed by atoms with E-state index in [9.17, 15) is 4.79 Å². The highest BCUT2D eigenvalue weighted by molar-refractivity contribution is 8.18. The SMILES string of the molecule is Cc1ccc(OCCOc2ccc(Cl)cc2/C=C2\SC(N)=NC2=O)cc1. The summed E-state index contributed by atoms with van der Waals surface area (Å²) in [5.74, 6) is 1.03. The van der Waals surface area contributed by atoms with Crippen LogP contribution in [0, 0.1) is 6.92 Å². The van der Waals surface area contributed by atoms with Gasteiger partial charge in [0.25, 0.3) is 5.91 Å². The van der Waals surface area contributed by atoms with Crippen molar-refractivity contribution in [3.8, 4) is 11.5 Å². The fraction of sp³-hybridized carbons (Fsp3) is 0.158. The highest BCUT2D eigenvalue weighted by Crippen LogP contribution is 2.31. The first-order valence-electron chi connectivity index (χ1n) is 7.91. The summed E-state index contributed by atoms with van der Waals surface area (Å²) in [6.07, 6.45) is 1.68. The van der Waals surface area contributed by atoms with E-state index in [1.807, 2.05) is 31.2 Å². The minimum Gasteiger partial charge on any atom is -0.490 e. The van der Waals surface area contributed by atoms with Crippen molar-refractivity contribution in [2.24, 2.45) is 10.7 Å². The number of hydrogen-bond acceptors (Lipinski definition) is 5. The van der Waals surface area contributed by atoms with Gasteiger partial charge in [0.05, 0.1) is 4.91 Å². The molecular formula is C19H17ClN2O3S. The van der Waals surface area contributed by atoms with Crippen LogP contribution in [0.1, 0.15) is 11.1 Å². The summed E-state index contributed by atoms with van der Waals surface area (Å²) in [6.45, 7) is 2.77. The van der Waals surface area contributed by atoms with Crippen LogP contribution >= 0.6 is 23.4 Å². The van der Waals surface area contributed by atoms with E-state index in [4.69, 9.17) is 26.8 Å². The second kappa shape index (κ2) is 8.29. The van der Waals surface area contributed by atoms with Crippen molar-refractivity contribution in [3.63, 3.8) is 0 Å².